The molecule has 0 aliphatic carbocycles. The van der Waals surface area contributed by atoms with Crippen molar-refractivity contribution in [2.45, 2.75) is 13.3 Å². The van der Waals surface area contributed by atoms with Crippen LogP contribution in [0.25, 0.3) is 0 Å². The summed E-state index contributed by atoms with van der Waals surface area (Å²) in [6.07, 6.45) is 2.38. The number of oxazole rings is 1. The van der Waals surface area contributed by atoms with Crippen LogP contribution in [-0.4, -0.2) is 42.5 Å². The largest absolute Gasteiger partial charge is 0.438 e. The first-order valence-corrected chi connectivity index (χ1v) is 5.56. The molecule has 1 aromatic heterocycles. The van der Waals surface area contributed by atoms with E-state index in [0.717, 1.165) is 26.1 Å². The molecule has 2 rings (SSSR count). The summed E-state index contributed by atoms with van der Waals surface area (Å²) in [6, 6.07) is 0. The summed E-state index contributed by atoms with van der Waals surface area (Å²) in [6.45, 7) is 4.36. The first kappa shape index (κ1) is 11.1. The number of carbonyl (C=O) groups is 1. The highest BCUT2D eigenvalue weighted by Gasteiger charge is 2.28. The molecule has 88 valence electrons. The fourth-order valence-electron chi connectivity index (χ4n) is 2.12. The predicted molar refractivity (Wildman–Crippen MR) is 59.2 cm³/mol. The lowest BCUT2D eigenvalue weighted by atomic mass is 10.1. The highest BCUT2D eigenvalue weighted by Crippen LogP contribution is 2.19. The molecule has 0 aromatic carbocycles. The van der Waals surface area contributed by atoms with E-state index < -0.39 is 0 Å². The SMILES string of the molecule is CNCC1CCN(C(=O)c2ocnc2C)C1. The van der Waals surface area contributed by atoms with Crippen molar-refractivity contribution >= 4 is 5.91 Å². The zero-order chi connectivity index (χ0) is 11.5. The number of hydrogen-bond donors (Lipinski definition) is 1. The van der Waals surface area contributed by atoms with Crippen molar-refractivity contribution in [1.82, 2.24) is 15.2 Å². The van der Waals surface area contributed by atoms with Crippen molar-refractivity contribution in [3.63, 3.8) is 0 Å². The van der Waals surface area contributed by atoms with E-state index >= 15 is 0 Å². The molecule has 0 radical (unpaired) electrons. The molecule has 1 fully saturated rings. The summed E-state index contributed by atoms with van der Waals surface area (Å²) in [4.78, 5) is 17.8. The second-order valence-corrected chi connectivity index (χ2v) is 4.23. The monoisotopic (exact) mass is 223 g/mol. The van der Waals surface area contributed by atoms with E-state index in [-0.39, 0.29) is 5.91 Å². The standard InChI is InChI=1S/C11H17N3O2/c1-8-10(16-7-13-8)11(15)14-4-3-9(6-14)5-12-2/h7,9,12H,3-6H2,1-2H3. The Morgan fingerprint density at radius 2 is 2.56 bits per heavy atom. The molecule has 1 saturated heterocycles. The van der Waals surface area contributed by atoms with Crippen LogP contribution in [0.3, 0.4) is 0 Å². The maximum atomic E-state index is 12.1. The normalized spacial score (nSPS) is 20.4. The zero-order valence-corrected chi connectivity index (χ0v) is 9.69. The van der Waals surface area contributed by atoms with E-state index in [2.05, 4.69) is 10.3 Å². The lowest BCUT2D eigenvalue weighted by Crippen LogP contribution is -2.30. The maximum Gasteiger partial charge on any atom is 0.291 e. The van der Waals surface area contributed by atoms with Crippen LogP contribution in [0.15, 0.2) is 10.8 Å². The summed E-state index contributed by atoms with van der Waals surface area (Å²) in [7, 11) is 1.94. The van der Waals surface area contributed by atoms with E-state index in [4.69, 9.17) is 4.42 Å². The Labute approximate surface area is 94.8 Å². The third-order valence-corrected chi connectivity index (χ3v) is 3.01. The summed E-state index contributed by atoms with van der Waals surface area (Å²) >= 11 is 0. The van der Waals surface area contributed by atoms with Crippen molar-refractivity contribution in [3.8, 4) is 0 Å². The van der Waals surface area contributed by atoms with Gasteiger partial charge in [-0.05, 0) is 32.9 Å². The molecule has 1 aromatic rings. The van der Waals surface area contributed by atoms with Gasteiger partial charge in [-0.2, -0.15) is 0 Å². The van der Waals surface area contributed by atoms with Gasteiger partial charge >= 0.3 is 0 Å². The fraction of sp³-hybridized carbons (Fsp3) is 0.636. The maximum absolute atomic E-state index is 12.1. The van der Waals surface area contributed by atoms with Crippen LogP contribution in [0.5, 0.6) is 0 Å². The first-order valence-electron chi connectivity index (χ1n) is 5.56. The minimum atomic E-state index is -0.0337. The van der Waals surface area contributed by atoms with Gasteiger partial charge in [0.2, 0.25) is 5.76 Å². The number of nitrogens with zero attached hydrogens (tertiary/aromatic N) is 2. The zero-order valence-electron chi connectivity index (χ0n) is 9.69. The molecule has 5 nitrogen and oxygen atoms in total. The van der Waals surface area contributed by atoms with Gasteiger partial charge in [0, 0.05) is 13.1 Å². The molecule has 16 heavy (non-hydrogen) atoms. The summed E-state index contributed by atoms with van der Waals surface area (Å²) < 4.78 is 5.12. The van der Waals surface area contributed by atoms with Gasteiger partial charge in [0.1, 0.15) is 0 Å². The summed E-state index contributed by atoms with van der Waals surface area (Å²) in [5, 5.41) is 3.14. The predicted octanol–water partition coefficient (Wildman–Crippen LogP) is 0.665. The smallest absolute Gasteiger partial charge is 0.291 e. The minimum absolute atomic E-state index is 0.0337. The van der Waals surface area contributed by atoms with Crippen molar-refractivity contribution in [2.75, 3.05) is 26.7 Å². The lowest BCUT2D eigenvalue weighted by Gasteiger charge is -2.15. The van der Waals surface area contributed by atoms with Crippen LogP contribution < -0.4 is 5.32 Å². The molecule has 1 unspecified atom stereocenters. The number of carbonyl (C=O) groups excluding carboxylic acids is 1. The number of nitrogens with one attached hydrogen (secondary N) is 1. The number of aryl methyl sites for hydroxylation is 1. The van der Waals surface area contributed by atoms with E-state index in [1.54, 1.807) is 6.92 Å². The van der Waals surface area contributed by atoms with E-state index in [1.165, 1.54) is 6.39 Å². The second kappa shape index (κ2) is 4.65. The van der Waals surface area contributed by atoms with Crippen LogP contribution in [0.2, 0.25) is 0 Å². The molecule has 0 saturated carbocycles. The molecule has 1 N–H and O–H groups in total. The molecule has 5 heteroatoms. The molecule has 2 heterocycles. The first-order chi connectivity index (χ1) is 7.72. The van der Waals surface area contributed by atoms with Crippen LogP contribution in [-0.2, 0) is 0 Å². The van der Waals surface area contributed by atoms with Crippen molar-refractivity contribution in [1.29, 1.82) is 0 Å². The van der Waals surface area contributed by atoms with E-state index in [1.807, 2.05) is 11.9 Å². The van der Waals surface area contributed by atoms with Crippen LogP contribution in [0, 0.1) is 12.8 Å². The summed E-state index contributed by atoms with van der Waals surface area (Å²) in [5.74, 6) is 0.899. The van der Waals surface area contributed by atoms with Crippen molar-refractivity contribution < 1.29 is 9.21 Å². The number of aromatic nitrogens is 1. The minimum Gasteiger partial charge on any atom is -0.438 e. The number of hydrogen-bond acceptors (Lipinski definition) is 4. The Hall–Kier alpha value is -1.36. The van der Waals surface area contributed by atoms with Crippen molar-refractivity contribution in [2.24, 2.45) is 5.92 Å². The highest BCUT2D eigenvalue weighted by molar-refractivity contribution is 5.92. The second-order valence-electron chi connectivity index (χ2n) is 4.23. The Morgan fingerprint density at radius 3 is 3.19 bits per heavy atom. The topological polar surface area (TPSA) is 58.4 Å². The fourth-order valence-corrected chi connectivity index (χ4v) is 2.12. The van der Waals surface area contributed by atoms with Crippen LogP contribution in [0.1, 0.15) is 22.7 Å². The molecule has 1 atom stereocenters. The van der Waals surface area contributed by atoms with Gasteiger partial charge in [0.25, 0.3) is 5.91 Å². The number of amides is 1. The van der Waals surface area contributed by atoms with Gasteiger partial charge in [-0.15, -0.1) is 0 Å². The molecular formula is C11H17N3O2. The van der Waals surface area contributed by atoms with Crippen LogP contribution in [0.4, 0.5) is 0 Å². The van der Waals surface area contributed by atoms with Gasteiger partial charge in [0.15, 0.2) is 6.39 Å². The molecule has 1 aliphatic heterocycles. The average molecular weight is 223 g/mol. The van der Waals surface area contributed by atoms with Gasteiger partial charge in [-0.25, -0.2) is 4.98 Å². The quantitative estimate of drug-likeness (QED) is 0.818. The molecule has 0 bridgehead atoms. The molecule has 1 aliphatic rings. The number of likely N-dealkylation sites (tertiary alicyclic amines) is 1. The molecule has 0 spiro atoms. The van der Waals surface area contributed by atoms with Crippen LogP contribution >= 0.6 is 0 Å². The Kier molecular flexibility index (Phi) is 3.24. The molecular weight excluding hydrogens is 206 g/mol. The Balaban J connectivity index is 2.00. The van der Waals surface area contributed by atoms with Crippen molar-refractivity contribution in [3.05, 3.63) is 17.8 Å². The highest BCUT2D eigenvalue weighted by atomic mass is 16.3. The average Bonchev–Trinajstić information content (AvgIpc) is 2.87. The summed E-state index contributed by atoms with van der Waals surface area (Å²) in [5.41, 5.74) is 0.669. The van der Waals surface area contributed by atoms with Gasteiger partial charge < -0.3 is 14.6 Å². The molecule has 1 amide bonds. The van der Waals surface area contributed by atoms with Gasteiger partial charge in [-0.3, -0.25) is 4.79 Å². The van der Waals surface area contributed by atoms with E-state index in [9.17, 15) is 4.79 Å². The van der Waals surface area contributed by atoms with Gasteiger partial charge in [0.05, 0.1) is 5.69 Å². The van der Waals surface area contributed by atoms with E-state index in [0.29, 0.717) is 17.4 Å². The number of rotatable bonds is 3. The Bertz CT molecular complexity index is 375. The third-order valence-electron chi connectivity index (χ3n) is 3.01. The van der Waals surface area contributed by atoms with Gasteiger partial charge in [-0.1, -0.05) is 0 Å². The third kappa shape index (κ3) is 2.09. The lowest BCUT2D eigenvalue weighted by molar-refractivity contribution is 0.0754. The Morgan fingerprint density at radius 1 is 1.75 bits per heavy atom.